The van der Waals surface area contributed by atoms with E-state index in [1.165, 1.54) is 96.3 Å². The van der Waals surface area contributed by atoms with Gasteiger partial charge in [0.2, 0.25) is 0 Å². The van der Waals surface area contributed by atoms with Crippen LogP contribution in [0.4, 0.5) is 0 Å². The fourth-order valence-corrected chi connectivity index (χ4v) is 4.21. The van der Waals surface area contributed by atoms with E-state index in [4.69, 9.17) is 14.6 Å². The van der Waals surface area contributed by atoms with Gasteiger partial charge in [0.1, 0.15) is 24.4 Å². The third-order valence-corrected chi connectivity index (χ3v) is 6.28. The molecule has 31 heavy (non-hydrogen) atoms. The van der Waals surface area contributed by atoms with E-state index in [2.05, 4.69) is 13.0 Å². The highest BCUT2D eigenvalue weighted by molar-refractivity contribution is 4.89. The summed E-state index contributed by atoms with van der Waals surface area (Å²) in [5.74, 6) is 0. The van der Waals surface area contributed by atoms with E-state index < -0.39 is 24.4 Å². The summed E-state index contributed by atoms with van der Waals surface area (Å²) in [6.45, 7) is 2.44. The Bertz CT molecular complexity index is 415. The summed E-state index contributed by atoms with van der Waals surface area (Å²) in [4.78, 5) is 0. The van der Waals surface area contributed by atoms with Crippen molar-refractivity contribution in [3.05, 3.63) is 12.2 Å². The van der Waals surface area contributed by atoms with Crippen LogP contribution in [0.1, 0.15) is 110 Å². The number of unbranched alkanes of at least 4 members (excludes halogenated alkanes) is 15. The van der Waals surface area contributed by atoms with Crippen LogP contribution < -0.4 is 0 Å². The molecule has 1 aliphatic rings. The number of hydrogen-bond acceptors (Lipinski definition) is 5. The van der Waals surface area contributed by atoms with Crippen molar-refractivity contribution in [3.63, 3.8) is 0 Å². The smallest absolute Gasteiger partial charge is 0.114 e. The van der Waals surface area contributed by atoms with Crippen LogP contribution in [0.15, 0.2) is 12.2 Å². The largest absolute Gasteiger partial charge is 0.394 e. The topological polar surface area (TPSA) is 79.2 Å². The molecule has 0 bridgehead atoms. The number of aliphatic hydroxyl groups excluding tert-OH is 3. The first-order valence-electron chi connectivity index (χ1n) is 13.1. The highest BCUT2D eigenvalue weighted by Gasteiger charge is 2.38. The van der Waals surface area contributed by atoms with Crippen LogP contribution >= 0.6 is 0 Å². The van der Waals surface area contributed by atoms with Crippen molar-refractivity contribution in [2.45, 2.75) is 134 Å². The SMILES string of the molecule is CCCCCCCCCCCCCCCCC/C=C/CO[C@H]1[C@H](O)[C@@H](CO)OC[C@@H]1O. The Morgan fingerprint density at radius 2 is 1.29 bits per heavy atom. The van der Waals surface area contributed by atoms with Crippen molar-refractivity contribution in [1.29, 1.82) is 0 Å². The molecule has 0 amide bonds. The summed E-state index contributed by atoms with van der Waals surface area (Å²) in [5, 5.41) is 29.1. The van der Waals surface area contributed by atoms with Gasteiger partial charge in [-0.2, -0.15) is 0 Å². The first-order valence-corrected chi connectivity index (χ1v) is 13.1. The molecule has 0 aromatic carbocycles. The lowest BCUT2D eigenvalue weighted by Crippen LogP contribution is -2.55. The maximum Gasteiger partial charge on any atom is 0.114 e. The Labute approximate surface area is 191 Å². The zero-order valence-electron chi connectivity index (χ0n) is 20.1. The van der Waals surface area contributed by atoms with E-state index in [0.717, 1.165) is 6.42 Å². The van der Waals surface area contributed by atoms with Gasteiger partial charge < -0.3 is 24.8 Å². The van der Waals surface area contributed by atoms with E-state index in [-0.39, 0.29) is 13.2 Å². The molecule has 5 nitrogen and oxygen atoms in total. The second-order valence-corrected chi connectivity index (χ2v) is 9.12. The molecule has 0 aromatic heterocycles. The van der Waals surface area contributed by atoms with Crippen molar-refractivity contribution in [2.75, 3.05) is 19.8 Å². The van der Waals surface area contributed by atoms with E-state index in [0.29, 0.717) is 6.61 Å². The van der Waals surface area contributed by atoms with E-state index in [1.54, 1.807) is 0 Å². The monoisotopic (exact) mass is 442 g/mol. The van der Waals surface area contributed by atoms with Gasteiger partial charge in [-0.1, -0.05) is 109 Å². The third-order valence-electron chi connectivity index (χ3n) is 6.28. The predicted octanol–water partition coefficient (Wildman–Crippen LogP) is 5.30. The molecule has 1 aliphatic heterocycles. The zero-order chi connectivity index (χ0) is 22.6. The fourth-order valence-electron chi connectivity index (χ4n) is 4.21. The Balaban J connectivity index is 1.84. The van der Waals surface area contributed by atoms with Crippen LogP contribution in [0, 0.1) is 0 Å². The Hall–Kier alpha value is -0.460. The highest BCUT2D eigenvalue weighted by Crippen LogP contribution is 2.18. The quantitative estimate of drug-likeness (QED) is 0.176. The van der Waals surface area contributed by atoms with E-state index in [9.17, 15) is 10.2 Å². The van der Waals surface area contributed by atoms with Crippen molar-refractivity contribution in [3.8, 4) is 0 Å². The lowest BCUT2D eigenvalue weighted by molar-refractivity contribution is -0.207. The van der Waals surface area contributed by atoms with Crippen LogP contribution in [0.5, 0.6) is 0 Å². The zero-order valence-corrected chi connectivity index (χ0v) is 20.1. The van der Waals surface area contributed by atoms with Gasteiger partial charge >= 0.3 is 0 Å². The number of aliphatic hydroxyl groups is 3. The molecule has 1 fully saturated rings. The van der Waals surface area contributed by atoms with Crippen molar-refractivity contribution >= 4 is 0 Å². The third kappa shape index (κ3) is 14.3. The molecule has 0 aliphatic carbocycles. The first-order chi connectivity index (χ1) is 15.2. The van der Waals surface area contributed by atoms with Crippen molar-refractivity contribution in [1.82, 2.24) is 0 Å². The molecule has 0 aromatic rings. The molecule has 4 atom stereocenters. The van der Waals surface area contributed by atoms with Crippen LogP contribution in [-0.2, 0) is 9.47 Å². The molecule has 3 N–H and O–H groups in total. The maximum absolute atomic E-state index is 10.1. The van der Waals surface area contributed by atoms with Gasteiger partial charge in [-0.3, -0.25) is 0 Å². The molecular formula is C26H50O5. The normalized spacial score (nSPS) is 24.3. The minimum absolute atomic E-state index is 0.0792. The van der Waals surface area contributed by atoms with Gasteiger partial charge in [-0.05, 0) is 12.8 Å². The number of ether oxygens (including phenoxy) is 2. The lowest BCUT2D eigenvalue weighted by Gasteiger charge is -2.36. The average molecular weight is 443 g/mol. The Morgan fingerprint density at radius 1 is 0.774 bits per heavy atom. The minimum atomic E-state index is -1.00. The standard InChI is InChI=1S/C26H50O5/c1-2-3-4-5-6-7-8-9-10-11-12-13-14-15-16-17-18-19-20-30-26-23(28)22-31-24(21-27)25(26)29/h18-19,23-29H,2-17,20-22H2,1H3/b19-18+/t23-,24+,25+,26+/m0/s1. The summed E-state index contributed by atoms with van der Waals surface area (Å²) in [5.41, 5.74) is 0. The first kappa shape index (κ1) is 28.6. The number of allylic oxidation sites excluding steroid dienone is 1. The lowest BCUT2D eigenvalue weighted by atomic mass is 10.0. The molecule has 5 heteroatoms. The van der Waals surface area contributed by atoms with E-state index in [1.807, 2.05) is 6.08 Å². The maximum atomic E-state index is 10.1. The molecule has 1 rings (SSSR count). The van der Waals surface area contributed by atoms with Gasteiger partial charge in [-0.25, -0.2) is 0 Å². The summed E-state index contributed by atoms with van der Waals surface area (Å²) in [7, 11) is 0. The van der Waals surface area contributed by atoms with Crippen molar-refractivity contribution in [2.24, 2.45) is 0 Å². The average Bonchev–Trinajstić information content (AvgIpc) is 2.77. The van der Waals surface area contributed by atoms with Crippen LogP contribution in [0.3, 0.4) is 0 Å². The molecular weight excluding hydrogens is 392 g/mol. The van der Waals surface area contributed by atoms with E-state index >= 15 is 0 Å². The van der Waals surface area contributed by atoms with Gasteiger partial charge in [0.05, 0.1) is 19.8 Å². The minimum Gasteiger partial charge on any atom is -0.394 e. The van der Waals surface area contributed by atoms with Gasteiger partial charge in [-0.15, -0.1) is 0 Å². The molecule has 184 valence electrons. The van der Waals surface area contributed by atoms with Crippen molar-refractivity contribution < 1.29 is 24.8 Å². The fraction of sp³-hybridized carbons (Fsp3) is 0.923. The molecule has 0 unspecified atom stereocenters. The van der Waals surface area contributed by atoms with Crippen LogP contribution in [0.25, 0.3) is 0 Å². The highest BCUT2D eigenvalue weighted by atomic mass is 16.6. The molecule has 1 saturated heterocycles. The number of hydrogen-bond donors (Lipinski definition) is 3. The Kier molecular flexibility index (Phi) is 18.6. The molecule has 0 spiro atoms. The Morgan fingerprint density at radius 3 is 1.81 bits per heavy atom. The molecule has 0 saturated carbocycles. The van der Waals surface area contributed by atoms with Gasteiger partial charge in [0.15, 0.2) is 0 Å². The van der Waals surface area contributed by atoms with Crippen LogP contribution in [-0.4, -0.2) is 59.6 Å². The second-order valence-electron chi connectivity index (χ2n) is 9.12. The summed E-state index contributed by atoms with van der Waals surface area (Å²) in [6.07, 6.45) is 22.5. The summed E-state index contributed by atoms with van der Waals surface area (Å²) >= 11 is 0. The van der Waals surface area contributed by atoms with Crippen LogP contribution in [0.2, 0.25) is 0 Å². The predicted molar refractivity (Wildman–Crippen MR) is 127 cm³/mol. The molecule has 1 heterocycles. The number of rotatable bonds is 20. The van der Waals surface area contributed by atoms with Gasteiger partial charge in [0.25, 0.3) is 0 Å². The summed E-state index contributed by atoms with van der Waals surface area (Å²) < 4.78 is 10.8. The molecule has 0 radical (unpaired) electrons. The summed E-state index contributed by atoms with van der Waals surface area (Å²) in [6, 6.07) is 0. The second kappa shape index (κ2) is 20.2. The van der Waals surface area contributed by atoms with Gasteiger partial charge in [0, 0.05) is 0 Å².